The van der Waals surface area contributed by atoms with Gasteiger partial charge in [-0.3, -0.25) is 0 Å². The van der Waals surface area contributed by atoms with E-state index in [4.69, 9.17) is 21.1 Å². The number of ether oxygens (including phenoxy) is 2. The first-order valence-electron chi connectivity index (χ1n) is 9.68. The molecule has 0 saturated carbocycles. The summed E-state index contributed by atoms with van der Waals surface area (Å²) in [7, 11) is 0. The van der Waals surface area contributed by atoms with Gasteiger partial charge in [-0.15, -0.1) is 0 Å². The largest absolute Gasteiger partial charge is 0.490 e. The van der Waals surface area contributed by atoms with Crippen molar-refractivity contribution in [3.63, 3.8) is 0 Å². The quantitative estimate of drug-likeness (QED) is 0.444. The van der Waals surface area contributed by atoms with Gasteiger partial charge in [0.2, 0.25) is 0 Å². The van der Waals surface area contributed by atoms with Gasteiger partial charge < -0.3 is 19.9 Å². The van der Waals surface area contributed by atoms with E-state index in [1.807, 2.05) is 56.3 Å². The second-order valence-electron chi connectivity index (χ2n) is 6.75. The fourth-order valence-corrected chi connectivity index (χ4v) is 3.23. The minimum Gasteiger partial charge on any atom is -0.490 e. The molecule has 0 aliphatic rings. The Labute approximate surface area is 181 Å². The normalized spacial score (nSPS) is 10.5. The molecule has 0 aliphatic heterocycles. The molecule has 0 saturated heterocycles. The fourth-order valence-electron chi connectivity index (χ4n) is 3.03. The molecule has 0 aliphatic carbocycles. The minimum atomic E-state index is -0.958. The van der Waals surface area contributed by atoms with Gasteiger partial charge >= 0.3 is 5.97 Å². The number of anilines is 1. The standard InChI is InChI=1S/C24H24ClNO4/c1-3-29-22-10-6-8-18(23(22)30-15-19-7-4-5-9-20(19)25)14-26-21-13-17(24(27)28)12-11-16(21)2/h4-13,26H,3,14-15H2,1-2H3,(H,27,28). The molecule has 0 atom stereocenters. The van der Waals surface area contributed by atoms with E-state index in [1.54, 1.807) is 18.2 Å². The molecule has 0 spiro atoms. The minimum absolute atomic E-state index is 0.237. The van der Waals surface area contributed by atoms with Crippen LogP contribution in [0.4, 0.5) is 5.69 Å². The maximum absolute atomic E-state index is 11.3. The average molecular weight is 426 g/mol. The van der Waals surface area contributed by atoms with E-state index in [0.717, 1.165) is 22.4 Å². The number of nitrogens with one attached hydrogen (secondary N) is 1. The van der Waals surface area contributed by atoms with Gasteiger partial charge in [0, 0.05) is 28.4 Å². The highest BCUT2D eigenvalue weighted by Gasteiger charge is 2.13. The lowest BCUT2D eigenvalue weighted by molar-refractivity contribution is 0.0697. The summed E-state index contributed by atoms with van der Waals surface area (Å²) in [4.78, 5) is 11.3. The third-order valence-corrected chi connectivity index (χ3v) is 5.01. The van der Waals surface area contributed by atoms with Gasteiger partial charge in [0.1, 0.15) is 6.61 Å². The van der Waals surface area contributed by atoms with Crippen molar-refractivity contribution in [2.75, 3.05) is 11.9 Å². The van der Waals surface area contributed by atoms with Crippen LogP contribution in [-0.4, -0.2) is 17.7 Å². The van der Waals surface area contributed by atoms with Crippen molar-refractivity contribution in [2.45, 2.75) is 27.0 Å². The van der Waals surface area contributed by atoms with Crippen molar-refractivity contribution in [3.05, 3.63) is 87.9 Å². The van der Waals surface area contributed by atoms with Crippen molar-refractivity contribution in [2.24, 2.45) is 0 Å². The van der Waals surface area contributed by atoms with Crippen molar-refractivity contribution in [1.29, 1.82) is 0 Å². The van der Waals surface area contributed by atoms with Crippen LogP contribution in [0.5, 0.6) is 11.5 Å². The number of aromatic carboxylic acids is 1. The molecule has 3 aromatic carbocycles. The zero-order valence-electron chi connectivity index (χ0n) is 16.9. The number of carbonyl (C=O) groups is 1. The molecule has 0 bridgehead atoms. The van der Waals surface area contributed by atoms with Crippen LogP contribution >= 0.6 is 11.6 Å². The fraction of sp³-hybridized carbons (Fsp3) is 0.208. The number of rotatable bonds is 9. The Morgan fingerprint density at radius 2 is 1.80 bits per heavy atom. The topological polar surface area (TPSA) is 67.8 Å². The van der Waals surface area contributed by atoms with Crippen molar-refractivity contribution >= 4 is 23.3 Å². The zero-order valence-corrected chi connectivity index (χ0v) is 17.7. The summed E-state index contributed by atoms with van der Waals surface area (Å²) in [6.45, 7) is 5.12. The first kappa shape index (κ1) is 21.5. The predicted octanol–water partition coefficient (Wildman–Crippen LogP) is 5.94. The second kappa shape index (κ2) is 10.0. The van der Waals surface area contributed by atoms with Crippen LogP contribution < -0.4 is 14.8 Å². The number of carboxylic acids is 1. The molecule has 3 aromatic rings. The Morgan fingerprint density at radius 3 is 2.53 bits per heavy atom. The highest BCUT2D eigenvalue weighted by atomic mass is 35.5. The van der Waals surface area contributed by atoms with E-state index in [9.17, 15) is 9.90 Å². The number of hydrogen-bond acceptors (Lipinski definition) is 4. The molecule has 30 heavy (non-hydrogen) atoms. The molecule has 0 fully saturated rings. The smallest absolute Gasteiger partial charge is 0.335 e. The van der Waals surface area contributed by atoms with Crippen LogP contribution in [0, 0.1) is 6.92 Å². The third kappa shape index (κ3) is 5.24. The maximum Gasteiger partial charge on any atom is 0.335 e. The van der Waals surface area contributed by atoms with Gasteiger partial charge in [0.25, 0.3) is 0 Å². The lowest BCUT2D eigenvalue weighted by Gasteiger charge is -2.18. The van der Waals surface area contributed by atoms with Crippen LogP contribution in [0.2, 0.25) is 5.02 Å². The SMILES string of the molecule is CCOc1cccc(CNc2cc(C(=O)O)ccc2C)c1OCc1ccccc1Cl. The van der Waals surface area contributed by atoms with Crippen LogP contribution in [0.15, 0.2) is 60.7 Å². The monoisotopic (exact) mass is 425 g/mol. The summed E-state index contributed by atoms with van der Waals surface area (Å²) in [5.74, 6) is 0.332. The van der Waals surface area contributed by atoms with Crippen molar-refractivity contribution < 1.29 is 19.4 Å². The lowest BCUT2D eigenvalue weighted by atomic mass is 10.1. The molecular weight excluding hydrogens is 402 g/mol. The number of para-hydroxylation sites is 1. The Bertz CT molecular complexity index is 1040. The van der Waals surface area contributed by atoms with Gasteiger partial charge in [-0.25, -0.2) is 4.79 Å². The van der Waals surface area contributed by atoms with Crippen LogP contribution in [0.25, 0.3) is 0 Å². The lowest BCUT2D eigenvalue weighted by Crippen LogP contribution is -2.07. The molecule has 0 amide bonds. The summed E-state index contributed by atoms with van der Waals surface area (Å²) >= 11 is 6.26. The van der Waals surface area contributed by atoms with Crippen LogP contribution in [0.3, 0.4) is 0 Å². The molecule has 6 heteroatoms. The molecule has 0 radical (unpaired) electrons. The third-order valence-electron chi connectivity index (χ3n) is 4.64. The van der Waals surface area contributed by atoms with Crippen molar-refractivity contribution in [3.8, 4) is 11.5 Å². The van der Waals surface area contributed by atoms with E-state index in [2.05, 4.69) is 5.32 Å². The summed E-state index contributed by atoms with van der Waals surface area (Å²) < 4.78 is 11.9. The highest BCUT2D eigenvalue weighted by Crippen LogP contribution is 2.33. The number of aryl methyl sites for hydroxylation is 1. The van der Waals surface area contributed by atoms with E-state index in [1.165, 1.54) is 0 Å². The van der Waals surface area contributed by atoms with E-state index in [-0.39, 0.29) is 5.56 Å². The Kier molecular flexibility index (Phi) is 7.20. The highest BCUT2D eigenvalue weighted by molar-refractivity contribution is 6.31. The van der Waals surface area contributed by atoms with Crippen LogP contribution in [-0.2, 0) is 13.2 Å². The number of hydrogen-bond donors (Lipinski definition) is 2. The summed E-state index contributed by atoms with van der Waals surface area (Å²) in [6.07, 6.45) is 0. The zero-order chi connectivity index (χ0) is 21.5. The first-order chi connectivity index (χ1) is 14.5. The van der Waals surface area contributed by atoms with Gasteiger partial charge in [-0.2, -0.15) is 0 Å². The van der Waals surface area contributed by atoms with E-state index in [0.29, 0.717) is 36.3 Å². The Hall–Kier alpha value is -3.18. The number of benzene rings is 3. The van der Waals surface area contributed by atoms with Crippen LogP contribution in [0.1, 0.15) is 34.0 Å². The summed E-state index contributed by atoms with van der Waals surface area (Å²) in [6, 6.07) is 18.3. The summed E-state index contributed by atoms with van der Waals surface area (Å²) in [5, 5.41) is 13.2. The Balaban J connectivity index is 1.84. The van der Waals surface area contributed by atoms with E-state index >= 15 is 0 Å². The molecule has 0 heterocycles. The van der Waals surface area contributed by atoms with Gasteiger partial charge in [-0.1, -0.05) is 48.0 Å². The van der Waals surface area contributed by atoms with E-state index < -0.39 is 5.97 Å². The molecule has 5 nitrogen and oxygen atoms in total. The van der Waals surface area contributed by atoms with Gasteiger partial charge in [0.15, 0.2) is 11.5 Å². The summed E-state index contributed by atoms with van der Waals surface area (Å²) in [5.41, 5.74) is 3.73. The predicted molar refractivity (Wildman–Crippen MR) is 119 cm³/mol. The number of carboxylic acid groups (broad SMARTS) is 1. The molecule has 0 aromatic heterocycles. The molecule has 3 rings (SSSR count). The van der Waals surface area contributed by atoms with Gasteiger partial charge in [0.05, 0.1) is 12.2 Å². The number of halogens is 1. The first-order valence-corrected chi connectivity index (χ1v) is 10.1. The van der Waals surface area contributed by atoms with Gasteiger partial charge in [-0.05, 0) is 43.7 Å². The van der Waals surface area contributed by atoms with Crippen molar-refractivity contribution in [1.82, 2.24) is 0 Å². The molecule has 156 valence electrons. The average Bonchev–Trinajstić information content (AvgIpc) is 2.73. The molecular formula is C24H24ClNO4. The Morgan fingerprint density at radius 1 is 1.03 bits per heavy atom. The second-order valence-corrected chi connectivity index (χ2v) is 7.15. The maximum atomic E-state index is 11.3. The molecule has 0 unspecified atom stereocenters. The molecule has 2 N–H and O–H groups in total.